The van der Waals surface area contributed by atoms with Crippen molar-refractivity contribution in [1.82, 2.24) is 5.16 Å². The molecule has 0 saturated carbocycles. The standard InChI is InChI=1S/C10H7ClN2O3/c11-8-6-15-13-9(8)12-10(14)16-7-4-2-1-3-5-7/h1-6H,(H,12,13,14). The van der Waals surface area contributed by atoms with E-state index < -0.39 is 6.09 Å². The van der Waals surface area contributed by atoms with Crippen LogP contribution in [0.2, 0.25) is 5.02 Å². The number of nitrogens with one attached hydrogen (secondary N) is 1. The molecule has 0 aliphatic rings. The number of hydrogen-bond donors (Lipinski definition) is 1. The third-order valence-electron chi connectivity index (χ3n) is 1.70. The molecule has 1 N–H and O–H groups in total. The topological polar surface area (TPSA) is 64.4 Å². The molecule has 2 rings (SSSR count). The molecule has 0 bridgehead atoms. The van der Waals surface area contributed by atoms with E-state index in [0.29, 0.717) is 5.75 Å². The minimum atomic E-state index is -0.679. The Morgan fingerprint density at radius 2 is 2.12 bits per heavy atom. The number of hydrogen-bond acceptors (Lipinski definition) is 4. The summed E-state index contributed by atoms with van der Waals surface area (Å²) < 4.78 is 9.50. The molecule has 1 aromatic heterocycles. The fourth-order valence-corrected chi connectivity index (χ4v) is 1.15. The summed E-state index contributed by atoms with van der Waals surface area (Å²) in [5.74, 6) is 0.558. The summed E-state index contributed by atoms with van der Waals surface area (Å²) in [5, 5.41) is 6.03. The van der Waals surface area contributed by atoms with E-state index in [4.69, 9.17) is 16.3 Å². The van der Waals surface area contributed by atoms with Crippen LogP contribution in [0.25, 0.3) is 0 Å². The number of aromatic nitrogens is 1. The normalized spacial score (nSPS) is 9.81. The smallest absolute Gasteiger partial charge is 0.410 e. The summed E-state index contributed by atoms with van der Waals surface area (Å²) in [5.41, 5.74) is 0. The molecule has 0 aliphatic heterocycles. The van der Waals surface area contributed by atoms with Gasteiger partial charge in [-0.3, -0.25) is 5.32 Å². The van der Waals surface area contributed by atoms with Gasteiger partial charge in [-0.05, 0) is 12.1 Å². The lowest BCUT2D eigenvalue weighted by molar-refractivity contribution is 0.215. The van der Waals surface area contributed by atoms with E-state index in [1.165, 1.54) is 6.26 Å². The molecule has 0 spiro atoms. The molecule has 0 unspecified atom stereocenters. The first kappa shape index (κ1) is 10.5. The Morgan fingerprint density at radius 3 is 2.75 bits per heavy atom. The molecule has 0 aliphatic carbocycles. The SMILES string of the molecule is O=C(Nc1nocc1Cl)Oc1ccccc1. The number of amides is 1. The molecule has 1 heterocycles. The molecule has 1 aromatic carbocycles. The lowest BCUT2D eigenvalue weighted by atomic mass is 10.3. The van der Waals surface area contributed by atoms with Crippen LogP contribution < -0.4 is 10.1 Å². The van der Waals surface area contributed by atoms with E-state index in [9.17, 15) is 4.79 Å². The largest absolute Gasteiger partial charge is 0.418 e. The monoisotopic (exact) mass is 238 g/mol. The minimum Gasteiger partial charge on any atom is -0.410 e. The van der Waals surface area contributed by atoms with Crippen molar-refractivity contribution in [3.63, 3.8) is 0 Å². The van der Waals surface area contributed by atoms with Gasteiger partial charge in [-0.2, -0.15) is 0 Å². The van der Waals surface area contributed by atoms with Crippen LogP contribution in [-0.4, -0.2) is 11.2 Å². The highest BCUT2D eigenvalue weighted by Crippen LogP contribution is 2.19. The van der Waals surface area contributed by atoms with Crippen LogP contribution in [-0.2, 0) is 0 Å². The van der Waals surface area contributed by atoms with Gasteiger partial charge in [-0.25, -0.2) is 4.79 Å². The summed E-state index contributed by atoms with van der Waals surface area (Å²) >= 11 is 5.66. The second kappa shape index (κ2) is 4.67. The van der Waals surface area contributed by atoms with E-state index in [1.54, 1.807) is 24.3 Å². The predicted octanol–water partition coefficient (Wildman–Crippen LogP) is 2.94. The maximum atomic E-state index is 11.4. The van der Waals surface area contributed by atoms with Crippen LogP contribution in [0.5, 0.6) is 5.75 Å². The number of carbonyl (C=O) groups excluding carboxylic acids is 1. The van der Waals surface area contributed by atoms with E-state index in [1.807, 2.05) is 6.07 Å². The quantitative estimate of drug-likeness (QED) is 0.874. The van der Waals surface area contributed by atoms with Gasteiger partial charge in [-0.1, -0.05) is 35.0 Å². The van der Waals surface area contributed by atoms with E-state index in [-0.39, 0.29) is 10.8 Å². The molecule has 5 nitrogen and oxygen atoms in total. The zero-order valence-electron chi connectivity index (χ0n) is 8.01. The van der Waals surface area contributed by atoms with Crippen molar-refractivity contribution in [2.45, 2.75) is 0 Å². The third-order valence-corrected chi connectivity index (χ3v) is 1.97. The molecular formula is C10H7ClN2O3. The fourth-order valence-electron chi connectivity index (χ4n) is 1.03. The maximum Gasteiger partial charge on any atom is 0.418 e. The van der Waals surface area contributed by atoms with Gasteiger partial charge in [-0.15, -0.1) is 0 Å². The summed E-state index contributed by atoms with van der Waals surface area (Å²) in [6.07, 6.45) is 0.529. The Kier molecular flexibility index (Phi) is 3.07. The zero-order chi connectivity index (χ0) is 11.4. The molecule has 2 aromatic rings. The molecule has 82 valence electrons. The highest BCUT2D eigenvalue weighted by molar-refractivity contribution is 6.33. The third kappa shape index (κ3) is 2.52. The molecule has 1 amide bonds. The average Bonchev–Trinajstić information content (AvgIpc) is 2.66. The summed E-state index contributed by atoms with van der Waals surface area (Å²) in [4.78, 5) is 11.4. The zero-order valence-corrected chi connectivity index (χ0v) is 8.77. The highest BCUT2D eigenvalue weighted by atomic mass is 35.5. The van der Waals surface area contributed by atoms with Crippen LogP contribution in [0.15, 0.2) is 41.1 Å². The van der Waals surface area contributed by atoms with Gasteiger partial charge in [0.15, 0.2) is 5.82 Å². The Morgan fingerprint density at radius 1 is 1.38 bits per heavy atom. The number of rotatable bonds is 2. The van der Waals surface area contributed by atoms with Crippen LogP contribution in [0.1, 0.15) is 0 Å². The summed E-state index contributed by atoms with van der Waals surface area (Å²) in [7, 11) is 0. The second-order valence-corrected chi connectivity index (χ2v) is 3.25. The van der Waals surface area contributed by atoms with Gasteiger partial charge in [0.1, 0.15) is 17.0 Å². The van der Waals surface area contributed by atoms with Gasteiger partial charge in [0.2, 0.25) is 0 Å². The molecule has 0 saturated heterocycles. The van der Waals surface area contributed by atoms with Crippen LogP contribution in [0, 0.1) is 0 Å². The average molecular weight is 239 g/mol. The van der Waals surface area contributed by atoms with E-state index in [0.717, 1.165) is 0 Å². The number of anilines is 1. The number of ether oxygens (including phenoxy) is 1. The van der Waals surface area contributed by atoms with Gasteiger partial charge in [0.05, 0.1) is 0 Å². The molecule has 0 atom stereocenters. The molecular weight excluding hydrogens is 232 g/mol. The van der Waals surface area contributed by atoms with Gasteiger partial charge < -0.3 is 9.26 Å². The van der Waals surface area contributed by atoms with Crippen molar-refractivity contribution in [3.05, 3.63) is 41.6 Å². The Hall–Kier alpha value is -2.01. The summed E-state index contributed by atoms with van der Waals surface area (Å²) in [6.45, 7) is 0. The van der Waals surface area contributed by atoms with Gasteiger partial charge >= 0.3 is 6.09 Å². The number of carbonyl (C=O) groups is 1. The Bertz CT molecular complexity index is 484. The van der Waals surface area contributed by atoms with Gasteiger partial charge in [0, 0.05) is 0 Å². The first-order valence-electron chi connectivity index (χ1n) is 4.39. The Labute approximate surface area is 95.9 Å². The molecule has 0 fully saturated rings. The van der Waals surface area contributed by atoms with Crippen molar-refractivity contribution in [2.24, 2.45) is 0 Å². The van der Waals surface area contributed by atoms with Gasteiger partial charge in [0.25, 0.3) is 0 Å². The molecule has 0 radical (unpaired) electrons. The van der Waals surface area contributed by atoms with Crippen LogP contribution in [0.3, 0.4) is 0 Å². The van der Waals surface area contributed by atoms with Crippen molar-refractivity contribution in [3.8, 4) is 5.75 Å². The number of benzene rings is 1. The number of nitrogens with zero attached hydrogens (tertiary/aromatic N) is 1. The number of halogens is 1. The van der Waals surface area contributed by atoms with Crippen molar-refractivity contribution >= 4 is 23.5 Å². The Balaban J connectivity index is 1.98. The second-order valence-electron chi connectivity index (χ2n) is 2.84. The summed E-state index contributed by atoms with van der Waals surface area (Å²) in [6, 6.07) is 8.64. The van der Waals surface area contributed by atoms with E-state index >= 15 is 0 Å². The van der Waals surface area contributed by atoms with Crippen LogP contribution in [0.4, 0.5) is 10.6 Å². The highest BCUT2D eigenvalue weighted by Gasteiger charge is 2.10. The van der Waals surface area contributed by atoms with E-state index in [2.05, 4.69) is 15.0 Å². The maximum absolute atomic E-state index is 11.4. The van der Waals surface area contributed by atoms with Crippen LogP contribution >= 0.6 is 11.6 Å². The molecule has 16 heavy (non-hydrogen) atoms. The molecule has 6 heteroatoms. The lowest BCUT2D eigenvalue weighted by Gasteiger charge is -2.03. The van der Waals surface area contributed by atoms with Crippen molar-refractivity contribution < 1.29 is 14.1 Å². The predicted molar refractivity (Wildman–Crippen MR) is 57.6 cm³/mol. The lowest BCUT2D eigenvalue weighted by Crippen LogP contribution is -2.17. The fraction of sp³-hybridized carbons (Fsp3) is 0. The number of para-hydroxylation sites is 1. The van der Waals surface area contributed by atoms with Crippen molar-refractivity contribution in [2.75, 3.05) is 5.32 Å². The minimum absolute atomic E-state index is 0.127. The van der Waals surface area contributed by atoms with Crippen molar-refractivity contribution in [1.29, 1.82) is 0 Å². The first-order valence-corrected chi connectivity index (χ1v) is 4.77. The first-order chi connectivity index (χ1) is 7.75.